The van der Waals surface area contributed by atoms with E-state index in [1.165, 1.54) is 0 Å². The molecule has 1 rings (SSSR count). The number of carbonyl (C=O) groups is 1. The molecular weight excluding hydrogens is 130 g/mol. The average molecular weight is 143 g/mol. The molecule has 0 amide bonds. The van der Waals surface area contributed by atoms with Crippen LogP contribution in [0, 0.1) is 5.92 Å². The molecule has 0 unspecified atom stereocenters. The van der Waals surface area contributed by atoms with E-state index in [1.54, 1.807) is 0 Å². The molecule has 1 N–H and O–H groups in total. The predicted molar refractivity (Wildman–Crippen MR) is 37.8 cm³/mol. The number of carboxylic acid groups (broad SMARTS) is 1. The third-order valence-corrected chi connectivity index (χ3v) is 2.22. The van der Waals surface area contributed by atoms with Gasteiger partial charge in [-0.15, -0.1) is 0 Å². The monoisotopic (exact) mass is 143 g/mol. The Labute approximate surface area is 60.6 Å². The summed E-state index contributed by atoms with van der Waals surface area (Å²) in [6, 6.07) is -0.218. The van der Waals surface area contributed by atoms with Crippen molar-refractivity contribution in [2.24, 2.45) is 5.92 Å². The number of carboxylic acids is 1. The minimum Gasteiger partial charge on any atom is -0.480 e. The molecule has 1 fully saturated rings. The summed E-state index contributed by atoms with van der Waals surface area (Å²) in [5, 5.41) is 8.66. The highest BCUT2D eigenvalue weighted by Crippen LogP contribution is 2.25. The van der Waals surface area contributed by atoms with Crippen LogP contribution in [0.4, 0.5) is 0 Å². The summed E-state index contributed by atoms with van der Waals surface area (Å²) in [6.45, 7) is 2.97. The van der Waals surface area contributed by atoms with Gasteiger partial charge in [0.15, 0.2) is 0 Å². The number of hydrogen-bond donors (Lipinski definition) is 1. The van der Waals surface area contributed by atoms with E-state index in [4.69, 9.17) is 5.11 Å². The van der Waals surface area contributed by atoms with Gasteiger partial charge in [0.05, 0.1) is 0 Å². The zero-order chi connectivity index (χ0) is 7.72. The van der Waals surface area contributed by atoms with E-state index in [0.717, 1.165) is 13.0 Å². The van der Waals surface area contributed by atoms with Crippen molar-refractivity contribution in [2.45, 2.75) is 19.4 Å². The Balaban J connectivity index is 2.48. The second-order valence-electron chi connectivity index (χ2n) is 2.89. The molecule has 0 radical (unpaired) electrons. The van der Waals surface area contributed by atoms with Crippen LogP contribution in [0.5, 0.6) is 0 Å². The van der Waals surface area contributed by atoms with Gasteiger partial charge in [0.1, 0.15) is 6.04 Å². The normalized spacial score (nSPS) is 33.4. The first kappa shape index (κ1) is 7.54. The lowest BCUT2D eigenvalue weighted by atomic mass is 9.87. The Bertz CT molecular complexity index is 147. The lowest BCUT2D eigenvalue weighted by molar-refractivity contribution is -0.151. The third-order valence-electron chi connectivity index (χ3n) is 2.22. The highest BCUT2D eigenvalue weighted by molar-refractivity contribution is 5.75. The lowest BCUT2D eigenvalue weighted by Gasteiger charge is -2.42. The number of hydrogen-bond acceptors (Lipinski definition) is 2. The highest BCUT2D eigenvalue weighted by atomic mass is 16.4. The van der Waals surface area contributed by atoms with E-state index >= 15 is 0 Å². The fourth-order valence-electron chi connectivity index (χ4n) is 1.55. The molecule has 1 saturated heterocycles. The van der Waals surface area contributed by atoms with Gasteiger partial charge in [-0.3, -0.25) is 9.69 Å². The maximum Gasteiger partial charge on any atom is 0.321 e. The van der Waals surface area contributed by atoms with E-state index in [2.05, 4.69) is 0 Å². The lowest BCUT2D eigenvalue weighted by Crippen LogP contribution is -2.57. The van der Waals surface area contributed by atoms with Crippen LogP contribution < -0.4 is 0 Å². The molecular formula is C7H13NO2. The molecule has 3 nitrogen and oxygen atoms in total. The molecule has 0 spiro atoms. The predicted octanol–water partition coefficient (Wildman–Crippen LogP) is 0.411. The molecule has 1 aliphatic rings. The molecule has 0 aromatic rings. The summed E-state index contributed by atoms with van der Waals surface area (Å²) >= 11 is 0. The van der Waals surface area contributed by atoms with Crippen molar-refractivity contribution in [1.82, 2.24) is 4.90 Å². The molecule has 0 aromatic carbocycles. The molecule has 0 aliphatic carbocycles. The van der Waals surface area contributed by atoms with Gasteiger partial charge in [-0.1, -0.05) is 13.3 Å². The minimum atomic E-state index is -0.680. The smallest absolute Gasteiger partial charge is 0.321 e. The Kier molecular flexibility index (Phi) is 1.94. The van der Waals surface area contributed by atoms with Crippen LogP contribution in [0.15, 0.2) is 0 Å². The molecule has 1 aliphatic heterocycles. The van der Waals surface area contributed by atoms with E-state index in [0.29, 0.717) is 5.92 Å². The maximum atomic E-state index is 10.5. The summed E-state index contributed by atoms with van der Waals surface area (Å²) in [4.78, 5) is 12.4. The number of likely N-dealkylation sites (tertiary alicyclic amines) is 1. The van der Waals surface area contributed by atoms with Crippen LogP contribution in [-0.2, 0) is 4.79 Å². The van der Waals surface area contributed by atoms with Gasteiger partial charge in [-0.05, 0) is 13.0 Å². The Morgan fingerprint density at radius 1 is 1.80 bits per heavy atom. The van der Waals surface area contributed by atoms with Crippen molar-refractivity contribution in [3.63, 3.8) is 0 Å². The molecule has 2 atom stereocenters. The first-order valence-corrected chi connectivity index (χ1v) is 3.59. The van der Waals surface area contributed by atoms with Crippen molar-refractivity contribution in [3.05, 3.63) is 0 Å². The fraction of sp³-hybridized carbons (Fsp3) is 0.857. The Hall–Kier alpha value is -0.570. The van der Waals surface area contributed by atoms with Crippen LogP contribution in [0.1, 0.15) is 13.3 Å². The Morgan fingerprint density at radius 2 is 2.40 bits per heavy atom. The van der Waals surface area contributed by atoms with Gasteiger partial charge in [0, 0.05) is 6.54 Å². The zero-order valence-corrected chi connectivity index (χ0v) is 6.37. The van der Waals surface area contributed by atoms with Crippen molar-refractivity contribution in [1.29, 1.82) is 0 Å². The SMILES string of the molecule is CC[C@@H]1CN(C)[C@@H]1C(=O)O. The van der Waals surface area contributed by atoms with Crippen LogP contribution in [0.2, 0.25) is 0 Å². The third kappa shape index (κ3) is 1.01. The highest BCUT2D eigenvalue weighted by Gasteiger charge is 2.39. The van der Waals surface area contributed by atoms with E-state index in [9.17, 15) is 4.79 Å². The summed E-state index contributed by atoms with van der Waals surface area (Å²) in [6.07, 6.45) is 0.974. The standard InChI is InChI=1S/C7H13NO2/c1-3-5-4-8(2)6(5)7(9)10/h5-6H,3-4H2,1-2H3,(H,9,10)/t5-,6+/m1/s1. The Morgan fingerprint density at radius 3 is 2.60 bits per heavy atom. The van der Waals surface area contributed by atoms with Gasteiger partial charge in [-0.25, -0.2) is 0 Å². The zero-order valence-electron chi connectivity index (χ0n) is 6.37. The minimum absolute atomic E-state index is 0.218. The van der Waals surface area contributed by atoms with Crippen LogP contribution in [0.25, 0.3) is 0 Å². The van der Waals surface area contributed by atoms with Crippen LogP contribution >= 0.6 is 0 Å². The number of rotatable bonds is 2. The van der Waals surface area contributed by atoms with E-state index < -0.39 is 5.97 Å². The van der Waals surface area contributed by atoms with Crippen molar-refractivity contribution in [3.8, 4) is 0 Å². The van der Waals surface area contributed by atoms with Gasteiger partial charge < -0.3 is 5.11 Å². The van der Waals surface area contributed by atoms with Crippen molar-refractivity contribution >= 4 is 5.97 Å². The second-order valence-corrected chi connectivity index (χ2v) is 2.89. The number of nitrogens with zero attached hydrogens (tertiary/aromatic N) is 1. The quantitative estimate of drug-likeness (QED) is 0.608. The topological polar surface area (TPSA) is 40.5 Å². The van der Waals surface area contributed by atoms with Gasteiger partial charge >= 0.3 is 5.97 Å². The molecule has 1 heterocycles. The molecule has 58 valence electrons. The summed E-state index contributed by atoms with van der Waals surface area (Å²) in [5.74, 6) is -0.303. The summed E-state index contributed by atoms with van der Waals surface area (Å²) in [7, 11) is 1.85. The first-order chi connectivity index (χ1) is 4.66. The molecule has 0 bridgehead atoms. The van der Waals surface area contributed by atoms with Gasteiger partial charge in [0.2, 0.25) is 0 Å². The number of aliphatic carboxylic acids is 1. The van der Waals surface area contributed by atoms with Crippen molar-refractivity contribution < 1.29 is 9.90 Å². The molecule has 3 heteroatoms. The van der Waals surface area contributed by atoms with Crippen molar-refractivity contribution in [2.75, 3.05) is 13.6 Å². The van der Waals surface area contributed by atoms with Crippen LogP contribution in [0.3, 0.4) is 0 Å². The second kappa shape index (κ2) is 2.58. The maximum absolute atomic E-state index is 10.5. The fourth-order valence-corrected chi connectivity index (χ4v) is 1.55. The van der Waals surface area contributed by atoms with E-state index in [-0.39, 0.29) is 6.04 Å². The molecule has 0 saturated carbocycles. The summed E-state index contributed by atoms with van der Waals surface area (Å²) < 4.78 is 0. The summed E-state index contributed by atoms with van der Waals surface area (Å²) in [5.41, 5.74) is 0. The average Bonchev–Trinajstić information content (AvgIpc) is 1.80. The van der Waals surface area contributed by atoms with E-state index in [1.807, 2.05) is 18.9 Å². The van der Waals surface area contributed by atoms with Gasteiger partial charge in [0.25, 0.3) is 0 Å². The van der Waals surface area contributed by atoms with Crippen LogP contribution in [-0.4, -0.2) is 35.6 Å². The largest absolute Gasteiger partial charge is 0.480 e. The molecule has 0 aromatic heterocycles. The van der Waals surface area contributed by atoms with Gasteiger partial charge in [-0.2, -0.15) is 0 Å². The first-order valence-electron chi connectivity index (χ1n) is 3.59. The number of likely N-dealkylation sites (N-methyl/N-ethyl adjacent to an activating group) is 1. The molecule has 10 heavy (non-hydrogen) atoms.